The van der Waals surface area contributed by atoms with Crippen LogP contribution in [0.25, 0.3) is 0 Å². The average Bonchev–Trinajstić information content (AvgIpc) is 2.94. The number of guanidine groups is 1. The van der Waals surface area contributed by atoms with Gasteiger partial charge in [-0.15, -0.1) is 0 Å². The molecule has 0 aliphatic carbocycles. The molecule has 0 aliphatic heterocycles. The molecule has 0 saturated carbocycles. The number of likely N-dealkylation sites (N-methyl/N-ethyl adjacent to an activating group) is 1. The maximum Gasteiger partial charge on any atom is 0.193 e. The van der Waals surface area contributed by atoms with Crippen LogP contribution in [0.3, 0.4) is 0 Å². The summed E-state index contributed by atoms with van der Waals surface area (Å²) in [5.74, 6) is 0.421. The van der Waals surface area contributed by atoms with E-state index in [2.05, 4.69) is 39.4 Å². The van der Waals surface area contributed by atoms with Crippen LogP contribution in [-0.2, 0) is 13.5 Å². The zero-order valence-electron chi connectivity index (χ0n) is 14.3. The summed E-state index contributed by atoms with van der Waals surface area (Å²) >= 11 is 0. The number of aryl methyl sites for hydroxylation is 2. The van der Waals surface area contributed by atoms with Crippen molar-refractivity contribution in [2.24, 2.45) is 17.8 Å². The highest BCUT2D eigenvalue weighted by molar-refractivity contribution is 5.92. The number of rotatable bonds is 6. The molecule has 0 radical (unpaired) electrons. The molecule has 2 aromatic rings. The third kappa shape index (κ3) is 4.82. The number of nitrogens with one attached hydrogen (secondary N) is 1. The molecule has 1 aromatic heterocycles. The van der Waals surface area contributed by atoms with E-state index in [1.165, 1.54) is 5.56 Å². The minimum absolute atomic E-state index is 0.145. The number of aliphatic imine (C=N–C) groups is 1. The number of benzene rings is 1. The summed E-state index contributed by atoms with van der Waals surface area (Å²) in [5, 5.41) is 7.36. The minimum atomic E-state index is 0.145. The van der Waals surface area contributed by atoms with Crippen molar-refractivity contribution in [3.8, 4) is 0 Å². The smallest absolute Gasteiger partial charge is 0.193 e. The van der Waals surface area contributed by atoms with Gasteiger partial charge in [0.25, 0.3) is 0 Å². The van der Waals surface area contributed by atoms with Crippen LogP contribution in [0.15, 0.2) is 41.7 Å². The van der Waals surface area contributed by atoms with Crippen LogP contribution in [-0.4, -0.2) is 41.3 Å². The normalized spacial score (nSPS) is 13.3. The first kappa shape index (κ1) is 17.0. The standard InChI is InChI=1S/C17H26N6/c1-5-13-6-8-15(9-7-13)21-17(18)19-11-16(22(2)3)14-10-20-23(4)12-14/h6-10,12,16H,5,11H2,1-4H3,(H3,18,19,21). The van der Waals surface area contributed by atoms with Crippen LogP contribution >= 0.6 is 0 Å². The molecule has 1 atom stereocenters. The van der Waals surface area contributed by atoms with E-state index in [1.807, 2.05) is 45.7 Å². The fourth-order valence-corrected chi connectivity index (χ4v) is 2.38. The Bertz CT molecular complexity index is 641. The number of anilines is 1. The van der Waals surface area contributed by atoms with Gasteiger partial charge in [-0.05, 0) is 38.2 Å². The van der Waals surface area contributed by atoms with E-state index in [0.29, 0.717) is 12.5 Å². The number of aromatic nitrogens is 2. The number of hydrogen-bond donors (Lipinski definition) is 2. The van der Waals surface area contributed by atoms with Gasteiger partial charge in [0.1, 0.15) is 0 Å². The average molecular weight is 314 g/mol. The fraction of sp³-hybridized carbons (Fsp3) is 0.412. The predicted molar refractivity (Wildman–Crippen MR) is 95.6 cm³/mol. The molecule has 1 heterocycles. The summed E-state index contributed by atoms with van der Waals surface area (Å²) in [6, 6.07) is 8.37. The van der Waals surface area contributed by atoms with Crippen LogP contribution in [0, 0.1) is 0 Å². The second-order valence-corrected chi connectivity index (χ2v) is 5.83. The topological polar surface area (TPSA) is 71.5 Å². The van der Waals surface area contributed by atoms with E-state index in [1.54, 1.807) is 4.68 Å². The lowest BCUT2D eigenvalue weighted by atomic mass is 10.1. The van der Waals surface area contributed by atoms with Crippen LogP contribution in [0.4, 0.5) is 5.69 Å². The van der Waals surface area contributed by atoms with Gasteiger partial charge in [-0.2, -0.15) is 5.10 Å². The molecule has 3 N–H and O–H groups in total. The monoisotopic (exact) mass is 314 g/mol. The van der Waals surface area contributed by atoms with Gasteiger partial charge in [-0.25, -0.2) is 0 Å². The van der Waals surface area contributed by atoms with Crippen molar-refractivity contribution in [2.75, 3.05) is 26.0 Å². The molecule has 23 heavy (non-hydrogen) atoms. The Morgan fingerprint density at radius 1 is 1.35 bits per heavy atom. The molecule has 0 amide bonds. The highest BCUT2D eigenvalue weighted by Gasteiger charge is 2.15. The summed E-state index contributed by atoms with van der Waals surface area (Å²) in [6.45, 7) is 2.71. The van der Waals surface area contributed by atoms with Crippen LogP contribution in [0.1, 0.15) is 24.1 Å². The van der Waals surface area contributed by atoms with Crippen LogP contribution in [0.5, 0.6) is 0 Å². The van der Waals surface area contributed by atoms with Gasteiger partial charge in [-0.1, -0.05) is 19.1 Å². The molecule has 6 nitrogen and oxygen atoms in total. The van der Waals surface area contributed by atoms with Crippen molar-refractivity contribution in [3.05, 3.63) is 47.8 Å². The van der Waals surface area contributed by atoms with E-state index in [4.69, 9.17) is 5.73 Å². The lowest BCUT2D eigenvalue weighted by Gasteiger charge is -2.21. The first-order valence-electron chi connectivity index (χ1n) is 7.80. The Labute approximate surface area is 138 Å². The molecule has 1 aromatic carbocycles. The molecule has 0 saturated heterocycles. The first-order valence-corrected chi connectivity index (χ1v) is 7.80. The van der Waals surface area contributed by atoms with Gasteiger partial charge >= 0.3 is 0 Å². The Kier molecular flexibility index (Phi) is 5.76. The maximum absolute atomic E-state index is 6.01. The summed E-state index contributed by atoms with van der Waals surface area (Å²) in [6.07, 6.45) is 4.90. The Morgan fingerprint density at radius 3 is 2.57 bits per heavy atom. The second kappa shape index (κ2) is 7.78. The highest BCUT2D eigenvalue weighted by Crippen LogP contribution is 2.17. The first-order chi connectivity index (χ1) is 11.0. The molecular formula is C17H26N6. The van der Waals surface area contributed by atoms with E-state index in [9.17, 15) is 0 Å². The second-order valence-electron chi connectivity index (χ2n) is 5.83. The molecule has 0 fully saturated rings. The quantitative estimate of drug-likeness (QED) is 0.632. The third-order valence-corrected chi connectivity index (χ3v) is 3.80. The van der Waals surface area contributed by atoms with Crippen molar-refractivity contribution >= 4 is 11.6 Å². The summed E-state index contributed by atoms with van der Waals surface area (Å²) in [4.78, 5) is 6.59. The zero-order valence-corrected chi connectivity index (χ0v) is 14.3. The van der Waals surface area contributed by atoms with E-state index >= 15 is 0 Å². The van der Waals surface area contributed by atoms with E-state index in [-0.39, 0.29) is 6.04 Å². The van der Waals surface area contributed by atoms with Crippen molar-refractivity contribution in [2.45, 2.75) is 19.4 Å². The number of hydrogen-bond acceptors (Lipinski definition) is 3. The largest absolute Gasteiger partial charge is 0.370 e. The summed E-state index contributed by atoms with van der Waals surface area (Å²) in [7, 11) is 5.97. The van der Waals surface area contributed by atoms with Crippen LogP contribution < -0.4 is 11.1 Å². The predicted octanol–water partition coefficient (Wildman–Crippen LogP) is 2.01. The molecule has 0 spiro atoms. The Hall–Kier alpha value is -2.34. The van der Waals surface area contributed by atoms with Gasteiger partial charge in [0, 0.05) is 24.5 Å². The van der Waals surface area contributed by atoms with Crippen molar-refractivity contribution in [3.63, 3.8) is 0 Å². The molecule has 6 heteroatoms. The summed E-state index contributed by atoms with van der Waals surface area (Å²) in [5.41, 5.74) is 9.39. The highest BCUT2D eigenvalue weighted by atomic mass is 15.2. The summed E-state index contributed by atoms with van der Waals surface area (Å²) < 4.78 is 1.80. The number of nitrogens with two attached hydrogens (primary N) is 1. The van der Waals surface area contributed by atoms with Gasteiger partial charge in [-0.3, -0.25) is 9.67 Å². The minimum Gasteiger partial charge on any atom is -0.370 e. The Morgan fingerprint density at radius 2 is 2.04 bits per heavy atom. The van der Waals surface area contributed by atoms with Crippen molar-refractivity contribution in [1.29, 1.82) is 0 Å². The van der Waals surface area contributed by atoms with E-state index < -0.39 is 0 Å². The Balaban J connectivity index is 2.01. The lowest BCUT2D eigenvalue weighted by Crippen LogP contribution is -2.27. The fourth-order valence-electron chi connectivity index (χ4n) is 2.38. The van der Waals surface area contributed by atoms with Gasteiger partial charge in [0.15, 0.2) is 5.96 Å². The molecule has 1 unspecified atom stereocenters. The zero-order chi connectivity index (χ0) is 16.8. The molecule has 124 valence electrons. The van der Waals surface area contributed by atoms with Gasteiger partial charge < -0.3 is 16.0 Å². The SMILES string of the molecule is CCc1ccc(NC(N)=NCC(c2cnn(C)c2)N(C)C)cc1. The third-order valence-electron chi connectivity index (χ3n) is 3.80. The molecule has 0 bridgehead atoms. The van der Waals surface area contributed by atoms with Crippen molar-refractivity contribution < 1.29 is 0 Å². The van der Waals surface area contributed by atoms with Crippen LogP contribution in [0.2, 0.25) is 0 Å². The van der Waals surface area contributed by atoms with Crippen molar-refractivity contribution in [1.82, 2.24) is 14.7 Å². The van der Waals surface area contributed by atoms with Gasteiger partial charge in [0.05, 0.1) is 18.8 Å². The van der Waals surface area contributed by atoms with E-state index in [0.717, 1.165) is 17.7 Å². The molecule has 2 rings (SSSR count). The lowest BCUT2D eigenvalue weighted by molar-refractivity contribution is 0.306. The molecule has 0 aliphatic rings. The van der Waals surface area contributed by atoms with Gasteiger partial charge in [0.2, 0.25) is 0 Å². The maximum atomic E-state index is 6.01. The number of nitrogens with zero attached hydrogens (tertiary/aromatic N) is 4. The molecular weight excluding hydrogens is 288 g/mol.